The normalized spacial score (nSPS) is 11.0. The summed E-state index contributed by atoms with van der Waals surface area (Å²) in [5, 5.41) is 14.1. The molecule has 2 N–H and O–H groups in total. The van der Waals surface area contributed by atoms with Crippen LogP contribution in [0.1, 0.15) is 28.0 Å². The van der Waals surface area contributed by atoms with E-state index in [1.807, 2.05) is 54.8 Å². The number of imidazole rings is 1. The van der Waals surface area contributed by atoms with Gasteiger partial charge in [0.25, 0.3) is 0 Å². The van der Waals surface area contributed by atoms with Gasteiger partial charge >= 0.3 is 5.97 Å². The third-order valence-corrected chi connectivity index (χ3v) is 5.48. The van der Waals surface area contributed by atoms with Gasteiger partial charge in [-0.05, 0) is 49.2 Å². The third kappa shape index (κ3) is 4.08. The van der Waals surface area contributed by atoms with Crippen LogP contribution in [0.15, 0.2) is 47.8 Å². The largest absolute Gasteiger partial charge is 0.476 e. The highest BCUT2D eigenvalue weighted by Gasteiger charge is 2.18. The number of aromatic nitrogens is 3. The number of carboxylic acids is 1. The molecular weight excluding hydrogens is 400 g/mol. The summed E-state index contributed by atoms with van der Waals surface area (Å²) in [5.41, 5.74) is 4.59. The van der Waals surface area contributed by atoms with E-state index in [0.717, 1.165) is 27.8 Å². The van der Waals surface area contributed by atoms with Crippen molar-refractivity contribution >= 4 is 39.9 Å². The first-order valence-electron chi connectivity index (χ1n) is 9.43. The zero-order valence-corrected chi connectivity index (χ0v) is 17.4. The molecule has 4 rings (SSSR count). The Morgan fingerprint density at radius 2 is 1.83 bits per heavy atom. The molecule has 0 aliphatic carbocycles. The zero-order valence-electron chi connectivity index (χ0n) is 16.5. The van der Waals surface area contributed by atoms with E-state index in [1.165, 1.54) is 16.7 Å². The smallest absolute Gasteiger partial charge is 0.355 e. The molecule has 0 atom stereocenters. The van der Waals surface area contributed by atoms with Gasteiger partial charge in [0, 0.05) is 24.0 Å². The van der Waals surface area contributed by atoms with Gasteiger partial charge in [-0.25, -0.2) is 14.8 Å². The van der Waals surface area contributed by atoms with Crippen molar-refractivity contribution in [3.8, 4) is 10.8 Å². The Morgan fingerprint density at radius 3 is 2.53 bits per heavy atom. The van der Waals surface area contributed by atoms with Gasteiger partial charge in [0.2, 0.25) is 5.91 Å². The Kier molecular flexibility index (Phi) is 5.33. The molecule has 0 fully saturated rings. The number of hydrogen-bond donors (Lipinski definition) is 2. The average molecular weight is 420 g/mol. The number of thiazole rings is 1. The molecule has 0 unspecified atom stereocenters. The Bertz CT molecular complexity index is 1240. The first kappa shape index (κ1) is 19.8. The minimum atomic E-state index is -1.08. The fourth-order valence-electron chi connectivity index (χ4n) is 3.42. The average Bonchev–Trinajstić information content (AvgIpc) is 3.30. The summed E-state index contributed by atoms with van der Waals surface area (Å²) in [5.74, 6) is -0.616. The van der Waals surface area contributed by atoms with Crippen molar-refractivity contribution < 1.29 is 14.7 Å². The molecule has 8 heteroatoms. The second-order valence-electron chi connectivity index (χ2n) is 7.09. The Hall–Kier alpha value is -3.52. The molecule has 152 valence electrons. The first-order chi connectivity index (χ1) is 14.4. The van der Waals surface area contributed by atoms with E-state index >= 15 is 0 Å². The van der Waals surface area contributed by atoms with Crippen LogP contribution in [0.2, 0.25) is 0 Å². The van der Waals surface area contributed by atoms with E-state index in [4.69, 9.17) is 0 Å². The van der Waals surface area contributed by atoms with Crippen molar-refractivity contribution in [1.29, 1.82) is 0 Å². The van der Waals surface area contributed by atoms with Crippen molar-refractivity contribution in [2.24, 2.45) is 0 Å². The minimum Gasteiger partial charge on any atom is -0.476 e. The number of carbonyl (C=O) groups is 2. The molecule has 4 aromatic rings. The number of carboxylic acid groups (broad SMARTS) is 1. The SMILES string of the molecule is Cc1cc(C)cc(NC(=O)CCn2c(-c3nc(C(=O)O)cs3)nc3ccccc32)c1. The van der Waals surface area contributed by atoms with Gasteiger partial charge in [-0.1, -0.05) is 18.2 Å². The maximum atomic E-state index is 12.6. The summed E-state index contributed by atoms with van der Waals surface area (Å²) in [6.45, 7) is 4.38. The molecule has 0 saturated carbocycles. The first-order valence-corrected chi connectivity index (χ1v) is 10.3. The maximum Gasteiger partial charge on any atom is 0.355 e. The summed E-state index contributed by atoms with van der Waals surface area (Å²) in [7, 11) is 0. The molecule has 2 heterocycles. The van der Waals surface area contributed by atoms with Crippen molar-refractivity contribution in [2.75, 3.05) is 5.32 Å². The van der Waals surface area contributed by atoms with Crippen molar-refractivity contribution in [3.05, 3.63) is 64.7 Å². The molecule has 0 bridgehead atoms. The molecule has 1 amide bonds. The molecule has 0 saturated heterocycles. The Morgan fingerprint density at radius 1 is 1.10 bits per heavy atom. The summed E-state index contributed by atoms with van der Waals surface area (Å²) < 4.78 is 1.92. The van der Waals surface area contributed by atoms with Crippen LogP contribution >= 0.6 is 11.3 Å². The number of carbonyl (C=O) groups excluding carboxylic acids is 1. The van der Waals surface area contributed by atoms with E-state index in [1.54, 1.807) is 0 Å². The van der Waals surface area contributed by atoms with Gasteiger partial charge < -0.3 is 15.0 Å². The highest BCUT2D eigenvalue weighted by molar-refractivity contribution is 7.13. The molecule has 0 spiro atoms. The van der Waals surface area contributed by atoms with E-state index in [2.05, 4.69) is 21.4 Å². The molecule has 0 aliphatic heterocycles. The number of nitrogens with zero attached hydrogens (tertiary/aromatic N) is 3. The van der Waals surface area contributed by atoms with Gasteiger partial charge in [0.05, 0.1) is 11.0 Å². The van der Waals surface area contributed by atoms with Crippen molar-refractivity contribution in [2.45, 2.75) is 26.8 Å². The fourth-order valence-corrected chi connectivity index (χ4v) is 4.21. The van der Waals surface area contributed by atoms with E-state index in [-0.39, 0.29) is 18.0 Å². The van der Waals surface area contributed by atoms with Gasteiger partial charge in [-0.15, -0.1) is 11.3 Å². The van der Waals surface area contributed by atoms with Crippen LogP contribution in [0.25, 0.3) is 21.9 Å². The summed E-state index contributed by atoms with van der Waals surface area (Å²) in [6.07, 6.45) is 0.248. The number of amides is 1. The van der Waals surface area contributed by atoms with E-state index < -0.39 is 5.97 Å². The highest BCUT2D eigenvalue weighted by Crippen LogP contribution is 2.28. The summed E-state index contributed by atoms with van der Waals surface area (Å²) >= 11 is 1.22. The number of nitrogens with one attached hydrogen (secondary N) is 1. The molecule has 30 heavy (non-hydrogen) atoms. The number of rotatable bonds is 6. The van der Waals surface area contributed by atoms with E-state index in [9.17, 15) is 14.7 Å². The number of para-hydroxylation sites is 2. The van der Waals surface area contributed by atoms with Crippen LogP contribution < -0.4 is 5.32 Å². The summed E-state index contributed by atoms with van der Waals surface area (Å²) in [4.78, 5) is 32.6. The van der Waals surface area contributed by atoms with Gasteiger partial charge in [-0.3, -0.25) is 4.79 Å². The topological polar surface area (TPSA) is 97.1 Å². The second kappa shape index (κ2) is 8.08. The number of hydrogen-bond acceptors (Lipinski definition) is 5. The van der Waals surface area contributed by atoms with Crippen LogP contribution in [-0.2, 0) is 11.3 Å². The van der Waals surface area contributed by atoms with E-state index in [0.29, 0.717) is 17.4 Å². The lowest BCUT2D eigenvalue weighted by atomic mass is 10.1. The number of anilines is 1. The van der Waals surface area contributed by atoms with Crippen LogP contribution in [0.4, 0.5) is 5.69 Å². The van der Waals surface area contributed by atoms with Crippen molar-refractivity contribution in [1.82, 2.24) is 14.5 Å². The highest BCUT2D eigenvalue weighted by atomic mass is 32.1. The van der Waals surface area contributed by atoms with Crippen LogP contribution in [0, 0.1) is 13.8 Å². The third-order valence-electron chi connectivity index (χ3n) is 4.64. The maximum absolute atomic E-state index is 12.6. The lowest BCUT2D eigenvalue weighted by Gasteiger charge is -2.10. The van der Waals surface area contributed by atoms with Gasteiger partial charge in [0.15, 0.2) is 16.5 Å². The summed E-state index contributed by atoms with van der Waals surface area (Å²) in [6, 6.07) is 13.5. The molecule has 2 aromatic carbocycles. The fraction of sp³-hybridized carbons (Fsp3) is 0.182. The van der Waals surface area contributed by atoms with Crippen LogP contribution in [-0.4, -0.2) is 31.5 Å². The Labute approximate surface area is 177 Å². The molecule has 2 aromatic heterocycles. The molecule has 0 radical (unpaired) electrons. The van der Waals surface area contributed by atoms with Gasteiger partial charge in [-0.2, -0.15) is 0 Å². The minimum absolute atomic E-state index is 0.0128. The number of aryl methyl sites for hydroxylation is 3. The van der Waals surface area contributed by atoms with Gasteiger partial charge in [0.1, 0.15) is 0 Å². The number of aromatic carboxylic acids is 1. The number of fused-ring (bicyclic) bond motifs is 1. The lowest BCUT2D eigenvalue weighted by molar-refractivity contribution is -0.116. The van der Waals surface area contributed by atoms with Crippen molar-refractivity contribution in [3.63, 3.8) is 0 Å². The quantitative estimate of drug-likeness (QED) is 0.479. The second-order valence-corrected chi connectivity index (χ2v) is 7.95. The number of benzene rings is 2. The predicted molar refractivity (Wildman–Crippen MR) is 117 cm³/mol. The van der Waals surface area contributed by atoms with Crippen LogP contribution in [0.3, 0.4) is 0 Å². The molecular formula is C22H20N4O3S. The monoisotopic (exact) mass is 420 g/mol. The zero-order chi connectivity index (χ0) is 21.3. The molecule has 7 nitrogen and oxygen atoms in total. The Balaban J connectivity index is 1.59. The van der Waals surface area contributed by atoms with Crippen LogP contribution in [0.5, 0.6) is 0 Å². The standard InChI is InChI=1S/C22H20N4O3S/c1-13-9-14(2)11-15(10-13)23-19(27)7-8-26-18-6-4-3-5-16(18)24-20(26)21-25-17(12-30-21)22(28)29/h3-6,9-12H,7-8H2,1-2H3,(H,23,27)(H,28,29). The molecule has 0 aliphatic rings. The lowest BCUT2D eigenvalue weighted by Crippen LogP contribution is -2.15. The predicted octanol–water partition coefficient (Wildman–Crippen LogP) is 4.50.